The molecule has 12 heavy (non-hydrogen) atoms. The number of aromatic amines is 1. The fourth-order valence-corrected chi connectivity index (χ4v) is 1.56. The second-order valence-electron chi connectivity index (χ2n) is 2.95. The van der Waals surface area contributed by atoms with Crippen LogP contribution in [0.3, 0.4) is 0 Å². The molecule has 1 aromatic carbocycles. The first-order valence-corrected chi connectivity index (χ1v) is 4.02. The zero-order chi connectivity index (χ0) is 8.55. The van der Waals surface area contributed by atoms with Crippen LogP contribution in [0, 0.1) is 6.92 Å². The van der Waals surface area contributed by atoms with Crippen LogP contribution in [-0.4, -0.2) is 4.98 Å². The molecule has 0 saturated carbocycles. The van der Waals surface area contributed by atoms with Crippen LogP contribution < -0.4 is 0 Å². The maximum atomic E-state index is 3.79. The van der Waals surface area contributed by atoms with Gasteiger partial charge in [0, 0.05) is 17.1 Å². The molecule has 0 aliphatic heterocycles. The van der Waals surface area contributed by atoms with Gasteiger partial charge in [-0.1, -0.05) is 24.8 Å². The van der Waals surface area contributed by atoms with Gasteiger partial charge < -0.3 is 4.98 Å². The van der Waals surface area contributed by atoms with Crippen LogP contribution in [0.25, 0.3) is 17.0 Å². The van der Waals surface area contributed by atoms with Crippen molar-refractivity contribution in [1.82, 2.24) is 4.98 Å². The lowest BCUT2D eigenvalue weighted by Gasteiger charge is -1.96. The van der Waals surface area contributed by atoms with E-state index in [2.05, 4.69) is 30.6 Å². The van der Waals surface area contributed by atoms with Crippen LogP contribution in [0.2, 0.25) is 0 Å². The summed E-state index contributed by atoms with van der Waals surface area (Å²) in [5, 5.41) is 1.28. The largest absolute Gasteiger partial charge is 0.361 e. The Balaban J connectivity index is 2.93. The van der Waals surface area contributed by atoms with Gasteiger partial charge in [0.1, 0.15) is 0 Å². The van der Waals surface area contributed by atoms with Crippen LogP contribution in [-0.2, 0) is 0 Å². The Hall–Kier alpha value is -1.50. The number of hydrogen-bond donors (Lipinski definition) is 1. The van der Waals surface area contributed by atoms with E-state index >= 15 is 0 Å². The van der Waals surface area contributed by atoms with E-state index in [0.717, 1.165) is 0 Å². The SMILES string of the molecule is C=Cc1cccc2[nH]cc(C)c12. The molecule has 0 fully saturated rings. The predicted octanol–water partition coefficient (Wildman–Crippen LogP) is 3.12. The van der Waals surface area contributed by atoms with E-state index in [0.29, 0.717) is 0 Å². The van der Waals surface area contributed by atoms with Gasteiger partial charge in [-0.25, -0.2) is 0 Å². The molecule has 0 atom stereocenters. The van der Waals surface area contributed by atoms with Gasteiger partial charge in [0.05, 0.1) is 0 Å². The summed E-state index contributed by atoms with van der Waals surface area (Å²) in [6.07, 6.45) is 3.92. The van der Waals surface area contributed by atoms with Crippen molar-refractivity contribution in [2.24, 2.45) is 0 Å². The Kier molecular flexibility index (Phi) is 1.51. The topological polar surface area (TPSA) is 15.8 Å². The molecule has 0 unspecified atom stereocenters. The number of benzene rings is 1. The van der Waals surface area contributed by atoms with E-state index in [1.807, 2.05) is 18.3 Å². The quantitative estimate of drug-likeness (QED) is 0.654. The molecular formula is C11H11N. The van der Waals surface area contributed by atoms with Crippen molar-refractivity contribution in [3.63, 3.8) is 0 Å². The number of hydrogen-bond acceptors (Lipinski definition) is 0. The van der Waals surface area contributed by atoms with Gasteiger partial charge in [-0.05, 0) is 24.1 Å². The molecule has 0 aliphatic carbocycles. The van der Waals surface area contributed by atoms with E-state index in [1.54, 1.807) is 0 Å². The van der Waals surface area contributed by atoms with Gasteiger partial charge in [0.15, 0.2) is 0 Å². The Morgan fingerprint density at radius 2 is 2.25 bits per heavy atom. The monoisotopic (exact) mass is 157 g/mol. The summed E-state index contributed by atoms with van der Waals surface area (Å²) in [6.45, 7) is 5.89. The third kappa shape index (κ3) is 0.866. The van der Waals surface area contributed by atoms with Crippen LogP contribution in [0.5, 0.6) is 0 Å². The minimum absolute atomic E-state index is 1.19. The molecule has 1 nitrogen and oxygen atoms in total. The fourth-order valence-electron chi connectivity index (χ4n) is 1.56. The molecule has 2 aromatic rings. The van der Waals surface area contributed by atoms with Gasteiger partial charge >= 0.3 is 0 Å². The molecule has 1 heterocycles. The molecule has 2 rings (SSSR count). The van der Waals surface area contributed by atoms with Gasteiger partial charge in [0.25, 0.3) is 0 Å². The number of H-pyrrole nitrogens is 1. The zero-order valence-corrected chi connectivity index (χ0v) is 7.09. The highest BCUT2D eigenvalue weighted by Crippen LogP contribution is 2.22. The number of fused-ring (bicyclic) bond motifs is 1. The minimum Gasteiger partial charge on any atom is -0.361 e. The molecule has 1 N–H and O–H groups in total. The molecule has 60 valence electrons. The lowest BCUT2D eigenvalue weighted by molar-refractivity contribution is 1.43. The summed E-state index contributed by atoms with van der Waals surface area (Å²) in [5.41, 5.74) is 3.66. The van der Waals surface area contributed by atoms with Gasteiger partial charge in [-0.3, -0.25) is 0 Å². The molecule has 1 aromatic heterocycles. The average Bonchev–Trinajstić information content (AvgIpc) is 2.48. The highest BCUT2D eigenvalue weighted by atomic mass is 14.7. The number of aromatic nitrogens is 1. The van der Waals surface area contributed by atoms with Crippen molar-refractivity contribution in [3.8, 4) is 0 Å². The normalized spacial score (nSPS) is 10.4. The number of nitrogens with one attached hydrogen (secondary N) is 1. The number of aryl methyl sites for hydroxylation is 1. The summed E-state index contributed by atoms with van der Waals surface area (Å²) in [6, 6.07) is 6.20. The summed E-state index contributed by atoms with van der Waals surface area (Å²) in [4.78, 5) is 3.21. The average molecular weight is 157 g/mol. The Bertz CT molecular complexity index is 423. The molecule has 0 saturated heterocycles. The molecule has 0 bridgehead atoms. The van der Waals surface area contributed by atoms with E-state index < -0.39 is 0 Å². The lowest BCUT2D eigenvalue weighted by atomic mass is 10.1. The maximum absolute atomic E-state index is 3.79. The summed E-state index contributed by atoms with van der Waals surface area (Å²) in [7, 11) is 0. The second-order valence-corrected chi connectivity index (χ2v) is 2.95. The summed E-state index contributed by atoms with van der Waals surface area (Å²) >= 11 is 0. The molecule has 0 spiro atoms. The van der Waals surface area contributed by atoms with Crippen LogP contribution >= 0.6 is 0 Å². The molecule has 0 aliphatic rings. The fraction of sp³-hybridized carbons (Fsp3) is 0.0909. The third-order valence-electron chi connectivity index (χ3n) is 2.16. The van der Waals surface area contributed by atoms with Crippen molar-refractivity contribution in [2.75, 3.05) is 0 Å². The van der Waals surface area contributed by atoms with Crippen LogP contribution in [0.4, 0.5) is 0 Å². The van der Waals surface area contributed by atoms with E-state index in [-0.39, 0.29) is 0 Å². The standard InChI is InChI=1S/C11H11N/c1-3-9-5-4-6-10-11(9)8(2)7-12-10/h3-7,12H,1H2,2H3. The molecule has 1 heteroatoms. The Labute approximate surface area is 71.7 Å². The first-order chi connectivity index (χ1) is 5.83. The predicted molar refractivity (Wildman–Crippen MR) is 53.1 cm³/mol. The van der Waals surface area contributed by atoms with Crippen LogP contribution in [0.1, 0.15) is 11.1 Å². The van der Waals surface area contributed by atoms with Crippen molar-refractivity contribution in [1.29, 1.82) is 0 Å². The van der Waals surface area contributed by atoms with E-state index in [4.69, 9.17) is 0 Å². The van der Waals surface area contributed by atoms with Gasteiger partial charge in [-0.15, -0.1) is 0 Å². The second kappa shape index (κ2) is 2.52. The van der Waals surface area contributed by atoms with Crippen molar-refractivity contribution < 1.29 is 0 Å². The Morgan fingerprint density at radius 3 is 3.00 bits per heavy atom. The Morgan fingerprint density at radius 1 is 1.42 bits per heavy atom. The molecular weight excluding hydrogens is 146 g/mol. The summed E-state index contributed by atoms with van der Waals surface area (Å²) < 4.78 is 0. The van der Waals surface area contributed by atoms with Crippen molar-refractivity contribution >= 4 is 17.0 Å². The van der Waals surface area contributed by atoms with E-state index in [9.17, 15) is 0 Å². The van der Waals surface area contributed by atoms with Gasteiger partial charge in [-0.2, -0.15) is 0 Å². The first kappa shape index (κ1) is 7.17. The highest BCUT2D eigenvalue weighted by Gasteiger charge is 2.01. The van der Waals surface area contributed by atoms with Gasteiger partial charge in [0.2, 0.25) is 0 Å². The summed E-state index contributed by atoms with van der Waals surface area (Å²) in [5.74, 6) is 0. The van der Waals surface area contributed by atoms with E-state index in [1.165, 1.54) is 22.0 Å². The minimum atomic E-state index is 1.19. The highest BCUT2D eigenvalue weighted by molar-refractivity contribution is 5.91. The zero-order valence-electron chi connectivity index (χ0n) is 7.09. The first-order valence-electron chi connectivity index (χ1n) is 4.02. The smallest absolute Gasteiger partial charge is 0.0462 e. The van der Waals surface area contributed by atoms with Crippen LogP contribution in [0.15, 0.2) is 31.0 Å². The third-order valence-corrected chi connectivity index (χ3v) is 2.16. The van der Waals surface area contributed by atoms with Crippen molar-refractivity contribution in [3.05, 3.63) is 42.1 Å². The van der Waals surface area contributed by atoms with Crippen molar-refractivity contribution in [2.45, 2.75) is 6.92 Å². The number of rotatable bonds is 1. The maximum Gasteiger partial charge on any atom is 0.0462 e. The molecule has 0 radical (unpaired) electrons. The molecule has 0 amide bonds. The lowest BCUT2D eigenvalue weighted by Crippen LogP contribution is -1.75.